The molecule has 0 amide bonds. The van der Waals surface area contributed by atoms with Gasteiger partial charge >= 0.3 is 5.97 Å². The van der Waals surface area contributed by atoms with E-state index in [2.05, 4.69) is 0 Å². The van der Waals surface area contributed by atoms with Gasteiger partial charge in [0.05, 0.1) is 5.41 Å². The molecule has 1 aliphatic rings. The van der Waals surface area contributed by atoms with Crippen LogP contribution in [0.4, 0.5) is 8.78 Å². The van der Waals surface area contributed by atoms with Crippen molar-refractivity contribution in [2.24, 2.45) is 17.1 Å². The van der Waals surface area contributed by atoms with E-state index >= 15 is 0 Å². The van der Waals surface area contributed by atoms with Gasteiger partial charge in [-0.05, 0) is 36.5 Å². The molecule has 1 unspecified atom stereocenters. The molecular weight excluding hydrogens is 252 g/mol. The van der Waals surface area contributed by atoms with E-state index in [1.807, 2.05) is 0 Å². The van der Waals surface area contributed by atoms with Crippen LogP contribution in [0, 0.1) is 23.0 Å². The maximum absolute atomic E-state index is 13.2. The summed E-state index contributed by atoms with van der Waals surface area (Å²) in [7, 11) is 0. The Morgan fingerprint density at radius 3 is 2.32 bits per heavy atom. The Bertz CT molecular complexity index is 468. The fraction of sp³-hybridized carbons (Fsp3) is 0.500. The first-order valence-electron chi connectivity index (χ1n) is 6.33. The maximum Gasteiger partial charge on any atom is 0.311 e. The Morgan fingerprint density at radius 1 is 1.32 bits per heavy atom. The van der Waals surface area contributed by atoms with Crippen LogP contribution in [0.25, 0.3) is 0 Å². The quantitative estimate of drug-likeness (QED) is 0.833. The lowest BCUT2D eigenvalue weighted by molar-refractivity contribution is -0.149. The Hall–Kier alpha value is -1.49. The molecule has 0 saturated heterocycles. The first-order valence-corrected chi connectivity index (χ1v) is 6.33. The molecule has 19 heavy (non-hydrogen) atoms. The highest BCUT2D eigenvalue weighted by atomic mass is 19.1. The van der Waals surface area contributed by atoms with Crippen LogP contribution in [-0.2, 0) is 11.2 Å². The van der Waals surface area contributed by atoms with Gasteiger partial charge in [0, 0.05) is 12.6 Å². The molecule has 1 fully saturated rings. The van der Waals surface area contributed by atoms with Crippen LogP contribution in [0.2, 0.25) is 0 Å². The number of hydrogen-bond donors (Lipinski definition) is 2. The van der Waals surface area contributed by atoms with Crippen molar-refractivity contribution in [3.63, 3.8) is 0 Å². The average Bonchev–Trinajstić information content (AvgIpc) is 3.10. The molecule has 0 aromatic heterocycles. The van der Waals surface area contributed by atoms with Gasteiger partial charge in [-0.3, -0.25) is 4.79 Å². The second-order valence-corrected chi connectivity index (χ2v) is 5.39. The lowest BCUT2D eigenvalue weighted by atomic mass is 9.77. The van der Waals surface area contributed by atoms with E-state index in [4.69, 9.17) is 5.73 Å². The SMILES string of the molecule is NCC(Cc1cc(F)cc(F)c1)(CC1CC1)C(=O)O. The standard InChI is InChI=1S/C14H17F2NO2/c15-11-3-10(4-12(16)5-11)7-14(8-17,13(18)19)6-9-1-2-9/h3-5,9H,1-2,6-8,17H2,(H,18,19). The number of carboxylic acids is 1. The third-order valence-corrected chi connectivity index (χ3v) is 3.69. The summed E-state index contributed by atoms with van der Waals surface area (Å²) < 4.78 is 26.3. The zero-order chi connectivity index (χ0) is 14.0. The van der Waals surface area contributed by atoms with Gasteiger partial charge in [0.15, 0.2) is 0 Å². The minimum absolute atomic E-state index is 0.0308. The van der Waals surface area contributed by atoms with Gasteiger partial charge in [0.2, 0.25) is 0 Å². The second-order valence-electron chi connectivity index (χ2n) is 5.39. The van der Waals surface area contributed by atoms with Crippen molar-refractivity contribution in [3.05, 3.63) is 35.4 Å². The summed E-state index contributed by atoms with van der Waals surface area (Å²) >= 11 is 0. The summed E-state index contributed by atoms with van der Waals surface area (Å²) in [5.41, 5.74) is 4.86. The Balaban J connectivity index is 2.25. The van der Waals surface area contributed by atoms with E-state index in [1.165, 1.54) is 12.1 Å². The van der Waals surface area contributed by atoms with Crippen molar-refractivity contribution in [3.8, 4) is 0 Å². The molecule has 1 atom stereocenters. The van der Waals surface area contributed by atoms with E-state index in [0.717, 1.165) is 18.9 Å². The minimum atomic E-state index is -1.12. The summed E-state index contributed by atoms with van der Waals surface area (Å²) in [6, 6.07) is 3.11. The summed E-state index contributed by atoms with van der Waals surface area (Å²) in [6.07, 6.45) is 2.54. The van der Waals surface area contributed by atoms with Crippen molar-refractivity contribution in [1.82, 2.24) is 0 Å². The maximum atomic E-state index is 13.2. The number of nitrogens with two attached hydrogens (primary N) is 1. The van der Waals surface area contributed by atoms with Crippen molar-refractivity contribution < 1.29 is 18.7 Å². The Kier molecular flexibility index (Phi) is 3.85. The lowest BCUT2D eigenvalue weighted by Crippen LogP contribution is -2.41. The topological polar surface area (TPSA) is 63.3 Å². The number of rotatable bonds is 6. The summed E-state index contributed by atoms with van der Waals surface area (Å²) in [4.78, 5) is 11.5. The molecule has 3 N–H and O–H groups in total. The van der Waals surface area contributed by atoms with Crippen LogP contribution in [0.15, 0.2) is 18.2 Å². The average molecular weight is 269 g/mol. The van der Waals surface area contributed by atoms with Gasteiger partial charge in [0.25, 0.3) is 0 Å². The molecule has 5 heteroatoms. The molecule has 2 rings (SSSR count). The Morgan fingerprint density at radius 2 is 1.89 bits per heavy atom. The highest BCUT2D eigenvalue weighted by Gasteiger charge is 2.42. The van der Waals surface area contributed by atoms with Crippen molar-refractivity contribution in [1.29, 1.82) is 0 Å². The van der Waals surface area contributed by atoms with Crippen LogP contribution in [0.5, 0.6) is 0 Å². The summed E-state index contributed by atoms with van der Waals surface area (Å²) in [6.45, 7) is -0.0308. The van der Waals surface area contributed by atoms with Crippen molar-refractivity contribution in [2.45, 2.75) is 25.7 Å². The number of benzene rings is 1. The predicted octanol–water partition coefficient (Wildman–Crippen LogP) is 2.34. The van der Waals surface area contributed by atoms with Crippen LogP contribution < -0.4 is 5.73 Å². The van der Waals surface area contributed by atoms with E-state index < -0.39 is 23.0 Å². The van der Waals surface area contributed by atoms with E-state index in [0.29, 0.717) is 17.9 Å². The highest BCUT2D eigenvalue weighted by molar-refractivity contribution is 5.75. The number of halogens is 2. The molecule has 1 aromatic carbocycles. The molecule has 104 valence electrons. The molecule has 0 heterocycles. The molecule has 0 bridgehead atoms. The molecule has 3 nitrogen and oxygen atoms in total. The molecule has 0 aliphatic heterocycles. The number of carbonyl (C=O) groups is 1. The molecular formula is C14H17F2NO2. The summed E-state index contributed by atoms with van der Waals surface area (Å²) in [5, 5.41) is 9.43. The first-order chi connectivity index (χ1) is 8.95. The number of hydrogen-bond acceptors (Lipinski definition) is 2. The zero-order valence-corrected chi connectivity index (χ0v) is 10.5. The Labute approximate surface area is 110 Å². The predicted molar refractivity (Wildman–Crippen MR) is 66.5 cm³/mol. The lowest BCUT2D eigenvalue weighted by Gasteiger charge is -2.28. The van der Waals surface area contributed by atoms with Gasteiger partial charge in [-0.2, -0.15) is 0 Å². The van der Waals surface area contributed by atoms with Crippen molar-refractivity contribution >= 4 is 5.97 Å². The van der Waals surface area contributed by atoms with Gasteiger partial charge < -0.3 is 10.8 Å². The van der Waals surface area contributed by atoms with E-state index in [9.17, 15) is 18.7 Å². The normalized spacial score (nSPS) is 18.1. The second kappa shape index (κ2) is 5.25. The molecule has 0 spiro atoms. The van der Waals surface area contributed by atoms with Crippen LogP contribution in [0.1, 0.15) is 24.8 Å². The van der Waals surface area contributed by atoms with Crippen molar-refractivity contribution in [2.75, 3.05) is 6.54 Å². The third-order valence-electron chi connectivity index (χ3n) is 3.69. The molecule has 1 saturated carbocycles. The first kappa shape index (κ1) is 13.9. The zero-order valence-electron chi connectivity index (χ0n) is 10.5. The highest BCUT2D eigenvalue weighted by Crippen LogP contribution is 2.42. The van der Waals surface area contributed by atoms with Gasteiger partial charge in [-0.1, -0.05) is 12.8 Å². The molecule has 0 radical (unpaired) electrons. The smallest absolute Gasteiger partial charge is 0.311 e. The van der Waals surface area contributed by atoms with Crippen LogP contribution >= 0.6 is 0 Å². The van der Waals surface area contributed by atoms with Crippen LogP contribution in [-0.4, -0.2) is 17.6 Å². The van der Waals surface area contributed by atoms with Gasteiger partial charge in [-0.25, -0.2) is 8.78 Å². The van der Waals surface area contributed by atoms with Gasteiger partial charge in [-0.15, -0.1) is 0 Å². The monoisotopic (exact) mass is 269 g/mol. The number of aliphatic carboxylic acids is 1. The number of carboxylic acid groups (broad SMARTS) is 1. The molecule has 1 aliphatic carbocycles. The van der Waals surface area contributed by atoms with E-state index in [1.54, 1.807) is 0 Å². The fourth-order valence-electron chi connectivity index (χ4n) is 2.46. The third kappa shape index (κ3) is 3.29. The largest absolute Gasteiger partial charge is 0.481 e. The molecule has 1 aromatic rings. The van der Waals surface area contributed by atoms with Crippen LogP contribution in [0.3, 0.4) is 0 Å². The minimum Gasteiger partial charge on any atom is -0.481 e. The van der Waals surface area contributed by atoms with E-state index in [-0.39, 0.29) is 13.0 Å². The fourth-order valence-corrected chi connectivity index (χ4v) is 2.46. The summed E-state index contributed by atoms with van der Waals surface area (Å²) in [5.74, 6) is -2.01. The van der Waals surface area contributed by atoms with Gasteiger partial charge in [0.1, 0.15) is 11.6 Å².